The van der Waals surface area contributed by atoms with Crippen molar-refractivity contribution in [2.24, 2.45) is 0 Å². The van der Waals surface area contributed by atoms with E-state index in [9.17, 15) is 18.0 Å². The predicted octanol–water partition coefficient (Wildman–Crippen LogP) is 7.71. The zero-order valence-corrected chi connectivity index (χ0v) is 28.9. The molecule has 7 nitrogen and oxygen atoms in total. The standard InChI is InChI=1S/C35H36Cl3N3O4S/c1-4-25(3)39-35(43)33(21-26-11-6-5-7-12-26)40(22-30-31(37)14-9-15-32(30)38)34(42)23-41(28-13-8-10-24(2)20-28)46(44,45)29-18-16-27(36)17-19-29/h5-20,25,33H,4,21-23H2,1-3H3,(H,39,43). The highest BCUT2D eigenvalue weighted by atomic mass is 35.5. The molecule has 242 valence electrons. The molecule has 0 aliphatic carbocycles. The van der Waals surface area contributed by atoms with Crippen LogP contribution in [0.2, 0.25) is 15.1 Å². The van der Waals surface area contributed by atoms with E-state index in [1.54, 1.807) is 36.4 Å². The predicted molar refractivity (Wildman–Crippen MR) is 186 cm³/mol. The van der Waals surface area contributed by atoms with Crippen LogP contribution in [0.15, 0.2) is 102 Å². The highest BCUT2D eigenvalue weighted by molar-refractivity contribution is 7.92. The van der Waals surface area contributed by atoms with E-state index in [-0.39, 0.29) is 29.8 Å². The lowest BCUT2D eigenvalue weighted by Gasteiger charge is -2.34. The first-order valence-electron chi connectivity index (χ1n) is 14.8. The number of rotatable bonds is 13. The lowest BCUT2D eigenvalue weighted by molar-refractivity contribution is -0.140. The normalized spacial score (nSPS) is 12.7. The summed E-state index contributed by atoms with van der Waals surface area (Å²) in [4.78, 5) is 29.9. The fourth-order valence-corrected chi connectivity index (χ4v) is 6.94. The number of hydrogen-bond donors (Lipinski definition) is 1. The Morgan fingerprint density at radius 1 is 0.848 bits per heavy atom. The van der Waals surface area contributed by atoms with Crippen molar-refractivity contribution in [3.05, 3.63) is 129 Å². The van der Waals surface area contributed by atoms with Gasteiger partial charge in [0.05, 0.1) is 10.6 Å². The molecule has 4 aromatic carbocycles. The topological polar surface area (TPSA) is 86.8 Å². The summed E-state index contributed by atoms with van der Waals surface area (Å²) in [6.45, 7) is 4.93. The van der Waals surface area contributed by atoms with Crippen molar-refractivity contribution in [2.45, 2.75) is 57.1 Å². The maximum atomic E-state index is 14.6. The second kappa shape index (κ2) is 15.8. The minimum absolute atomic E-state index is 0.0396. The number of hydrogen-bond acceptors (Lipinski definition) is 4. The summed E-state index contributed by atoms with van der Waals surface area (Å²) in [6.07, 6.45) is 0.847. The molecule has 0 radical (unpaired) electrons. The first-order chi connectivity index (χ1) is 21.9. The zero-order chi connectivity index (χ0) is 33.4. The SMILES string of the molecule is CCC(C)NC(=O)C(Cc1ccccc1)N(Cc1c(Cl)cccc1Cl)C(=O)CN(c1cccc(C)c1)S(=O)(=O)c1ccc(Cl)cc1. The van der Waals surface area contributed by atoms with E-state index in [2.05, 4.69) is 5.32 Å². The Morgan fingerprint density at radius 2 is 1.48 bits per heavy atom. The van der Waals surface area contributed by atoms with Crippen LogP contribution in [-0.2, 0) is 32.6 Å². The number of benzene rings is 4. The van der Waals surface area contributed by atoms with Crippen molar-refractivity contribution in [2.75, 3.05) is 10.8 Å². The van der Waals surface area contributed by atoms with Gasteiger partial charge in [0.2, 0.25) is 11.8 Å². The number of sulfonamides is 1. The number of nitrogens with zero attached hydrogens (tertiary/aromatic N) is 2. The Bertz CT molecular complexity index is 1750. The molecule has 2 atom stereocenters. The number of amides is 2. The molecule has 11 heteroatoms. The lowest BCUT2D eigenvalue weighted by Crippen LogP contribution is -2.54. The molecule has 0 fully saturated rings. The Hall–Kier alpha value is -3.56. The van der Waals surface area contributed by atoms with E-state index in [0.29, 0.717) is 32.7 Å². The number of aryl methyl sites for hydroxylation is 1. The molecule has 46 heavy (non-hydrogen) atoms. The summed E-state index contributed by atoms with van der Waals surface area (Å²) in [7, 11) is -4.26. The molecule has 0 aliphatic heterocycles. The van der Waals surface area contributed by atoms with Gasteiger partial charge in [-0.1, -0.05) is 90.3 Å². The Balaban J connectivity index is 1.84. The van der Waals surface area contributed by atoms with Crippen molar-refractivity contribution >= 4 is 62.3 Å². The van der Waals surface area contributed by atoms with Crippen LogP contribution in [-0.4, -0.2) is 43.8 Å². The van der Waals surface area contributed by atoms with Crippen LogP contribution in [0.3, 0.4) is 0 Å². The van der Waals surface area contributed by atoms with Crippen molar-refractivity contribution in [1.82, 2.24) is 10.2 Å². The molecule has 0 aromatic heterocycles. The molecule has 0 spiro atoms. The molecule has 0 saturated heterocycles. The highest BCUT2D eigenvalue weighted by Gasteiger charge is 2.35. The summed E-state index contributed by atoms with van der Waals surface area (Å²) in [5.74, 6) is -0.993. The molecule has 4 rings (SSSR count). The van der Waals surface area contributed by atoms with E-state index in [1.165, 1.54) is 29.2 Å². The first kappa shape index (κ1) is 35.3. The van der Waals surface area contributed by atoms with Gasteiger partial charge in [0.15, 0.2) is 0 Å². The quantitative estimate of drug-likeness (QED) is 0.155. The van der Waals surface area contributed by atoms with Gasteiger partial charge in [-0.25, -0.2) is 8.42 Å². The molecule has 0 heterocycles. The summed E-state index contributed by atoms with van der Waals surface area (Å²) < 4.78 is 29.4. The minimum atomic E-state index is -4.26. The van der Waals surface area contributed by atoms with Crippen LogP contribution in [0.1, 0.15) is 37.0 Å². The highest BCUT2D eigenvalue weighted by Crippen LogP contribution is 2.29. The molecular formula is C35H36Cl3N3O4S. The van der Waals surface area contributed by atoms with Gasteiger partial charge >= 0.3 is 0 Å². The number of carbonyl (C=O) groups is 2. The maximum absolute atomic E-state index is 14.6. The molecule has 4 aromatic rings. The van der Waals surface area contributed by atoms with Gasteiger partial charge in [-0.15, -0.1) is 0 Å². The molecule has 2 amide bonds. The first-order valence-corrected chi connectivity index (χ1v) is 17.4. The monoisotopic (exact) mass is 699 g/mol. The van der Waals surface area contributed by atoms with Crippen LogP contribution in [0.4, 0.5) is 5.69 Å². The summed E-state index contributed by atoms with van der Waals surface area (Å²) in [6, 6.07) is 25.7. The van der Waals surface area contributed by atoms with Crippen molar-refractivity contribution in [3.63, 3.8) is 0 Å². The zero-order valence-electron chi connectivity index (χ0n) is 25.8. The van der Waals surface area contributed by atoms with Gasteiger partial charge in [0.1, 0.15) is 12.6 Å². The van der Waals surface area contributed by atoms with E-state index < -0.39 is 28.5 Å². The molecular weight excluding hydrogens is 665 g/mol. The van der Waals surface area contributed by atoms with Gasteiger partial charge in [0, 0.05) is 39.6 Å². The Labute approximate surface area is 286 Å². The molecule has 0 bridgehead atoms. The van der Waals surface area contributed by atoms with Gasteiger partial charge < -0.3 is 10.2 Å². The van der Waals surface area contributed by atoms with Crippen LogP contribution >= 0.6 is 34.8 Å². The Kier molecular flexibility index (Phi) is 12.1. The number of nitrogens with one attached hydrogen (secondary N) is 1. The average molecular weight is 701 g/mol. The summed E-state index contributed by atoms with van der Waals surface area (Å²) in [5, 5.41) is 4.01. The summed E-state index contributed by atoms with van der Waals surface area (Å²) >= 11 is 19.2. The number of halogens is 3. The van der Waals surface area contributed by atoms with Crippen LogP contribution in [0, 0.1) is 6.92 Å². The second-order valence-electron chi connectivity index (χ2n) is 11.0. The van der Waals surface area contributed by atoms with Gasteiger partial charge in [0.25, 0.3) is 10.0 Å². The second-order valence-corrected chi connectivity index (χ2v) is 14.2. The molecule has 0 aliphatic rings. The number of carbonyl (C=O) groups excluding carboxylic acids is 2. The van der Waals surface area contributed by atoms with Gasteiger partial charge in [-0.2, -0.15) is 0 Å². The molecule has 2 unspecified atom stereocenters. The largest absolute Gasteiger partial charge is 0.352 e. The van der Waals surface area contributed by atoms with E-state index in [0.717, 1.165) is 15.4 Å². The van der Waals surface area contributed by atoms with Crippen molar-refractivity contribution in [3.8, 4) is 0 Å². The third-order valence-corrected chi connectivity index (χ3v) is 10.4. The van der Waals surface area contributed by atoms with Crippen molar-refractivity contribution in [1.29, 1.82) is 0 Å². The third kappa shape index (κ3) is 8.82. The Morgan fingerprint density at radius 3 is 2.09 bits per heavy atom. The van der Waals surface area contributed by atoms with Crippen LogP contribution in [0.5, 0.6) is 0 Å². The lowest BCUT2D eigenvalue weighted by atomic mass is 10.0. The van der Waals surface area contributed by atoms with Crippen molar-refractivity contribution < 1.29 is 18.0 Å². The maximum Gasteiger partial charge on any atom is 0.264 e. The minimum Gasteiger partial charge on any atom is -0.352 e. The van der Waals surface area contributed by atoms with E-state index in [4.69, 9.17) is 34.8 Å². The van der Waals surface area contributed by atoms with Gasteiger partial charge in [-0.05, 0) is 79.9 Å². The summed E-state index contributed by atoms with van der Waals surface area (Å²) in [5.41, 5.74) is 2.36. The molecule has 0 saturated carbocycles. The van der Waals surface area contributed by atoms with Crippen LogP contribution in [0.25, 0.3) is 0 Å². The van der Waals surface area contributed by atoms with Crippen LogP contribution < -0.4 is 9.62 Å². The van der Waals surface area contributed by atoms with E-state index >= 15 is 0 Å². The fraction of sp³-hybridized carbons (Fsp3) is 0.257. The average Bonchev–Trinajstić information content (AvgIpc) is 3.03. The smallest absolute Gasteiger partial charge is 0.264 e. The fourth-order valence-electron chi connectivity index (χ4n) is 4.89. The van der Waals surface area contributed by atoms with E-state index in [1.807, 2.05) is 57.2 Å². The third-order valence-electron chi connectivity index (χ3n) is 7.63. The molecule has 1 N–H and O–H groups in total. The number of anilines is 1. The van der Waals surface area contributed by atoms with Gasteiger partial charge in [-0.3, -0.25) is 13.9 Å².